The molecule has 0 aromatic heterocycles. The van der Waals surface area contributed by atoms with Gasteiger partial charge in [-0.25, -0.2) is 0 Å². The van der Waals surface area contributed by atoms with E-state index in [1.165, 1.54) is 0 Å². The van der Waals surface area contributed by atoms with Gasteiger partial charge in [0.25, 0.3) is 0 Å². The van der Waals surface area contributed by atoms with Crippen LogP contribution in [-0.4, -0.2) is 56.3 Å². The number of rotatable bonds is 4. The Morgan fingerprint density at radius 2 is 2.14 bits per heavy atom. The highest BCUT2D eigenvalue weighted by atomic mass is 16.5. The molecular formula is C15H24N4O2. The molecule has 0 aliphatic carbocycles. The second-order valence-corrected chi connectivity index (χ2v) is 5.78. The Morgan fingerprint density at radius 1 is 1.43 bits per heavy atom. The summed E-state index contributed by atoms with van der Waals surface area (Å²) in [4.78, 5) is 4.51. The molecule has 21 heavy (non-hydrogen) atoms. The van der Waals surface area contributed by atoms with E-state index in [9.17, 15) is 0 Å². The lowest BCUT2D eigenvalue weighted by atomic mass is 10.1. The van der Waals surface area contributed by atoms with Crippen molar-refractivity contribution in [3.63, 3.8) is 0 Å². The molecule has 116 valence electrons. The quantitative estimate of drug-likeness (QED) is 0.377. The highest BCUT2D eigenvalue weighted by Crippen LogP contribution is 2.31. The van der Waals surface area contributed by atoms with E-state index in [1.54, 1.807) is 7.11 Å². The number of hydrogen-bond donors (Lipinski definition) is 2. The monoisotopic (exact) mass is 292 g/mol. The summed E-state index contributed by atoms with van der Waals surface area (Å²) < 4.78 is 5.30. The molecule has 1 aliphatic heterocycles. The lowest BCUT2D eigenvalue weighted by Crippen LogP contribution is -2.34. The summed E-state index contributed by atoms with van der Waals surface area (Å²) in [5.74, 6) is 1.43. The van der Waals surface area contributed by atoms with Gasteiger partial charge >= 0.3 is 0 Å². The van der Waals surface area contributed by atoms with E-state index in [2.05, 4.69) is 36.0 Å². The van der Waals surface area contributed by atoms with E-state index in [0.29, 0.717) is 12.0 Å². The fourth-order valence-corrected chi connectivity index (χ4v) is 2.99. The third-order valence-electron chi connectivity index (χ3n) is 4.17. The number of anilines is 1. The molecule has 3 N–H and O–H groups in total. The van der Waals surface area contributed by atoms with Crippen LogP contribution in [0.4, 0.5) is 5.69 Å². The first-order valence-electron chi connectivity index (χ1n) is 7.05. The van der Waals surface area contributed by atoms with Gasteiger partial charge in [-0.1, -0.05) is 12.1 Å². The van der Waals surface area contributed by atoms with Crippen molar-refractivity contribution in [2.75, 3.05) is 39.2 Å². The molecule has 2 rings (SSSR count). The molecule has 1 aliphatic rings. The standard InChI is InChI=1S/C15H24N4O2/c1-10-8-19(9-14(10)18(2)3)13-7-11(21-4)5-6-12(13)15(16)17-20/h5-7,10,14,20H,8-9H2,1-4H3,(H2,16,17). The first kappa shape index (κ1) is 15.4. The largest absolute Gasteiger partial charge is 0.497 e. The van der Waals surface area contributed by atoms with E-state index in [-0.39, 0.29) is 5.84 Å². The van der Waals surface area contributed by atoms with Crippen LogP contribution in [0.5, 0.6) is 5.75 Å². The minimum absolute atomic E-state index is 0.119. The predicted molar refractivity (Wildman–Crippen MR) is 84.4 cm³/mol. The van der Waals surface area contributed by atoms with Gasteiger partial charge in [0, 0.05) is 30.8 Å². The maximum absolute atomic E-state index is 8.98. The van der Waals surface area contributed by atoms with Crippen molar-refractivity contribution in [1.82, 2.24) is 4.90 Å². The second kappa shape index (κ2) is 6.22. The molecule has 1 fully saturated rings. The lowest BCUT2D eigenvalue weighted by Gasteiger charge is -2.24. The van der Waals surface area contributed by atoms with Crippen LogP contribution >= 0.6 is 0 Å². The van der Waals surface area contributed by atoms with Crippen molar-refractivity contribution in [2.24, 2.45) is 16.8 Å². The topological polar surface area (TPSA) is 74.3 Å². The van der Waals surface area contributed by atoms with Gasteiger partial charge in [-0.3, -0.25) is 0 Å². The molecule has 1 saturated heterocycles. The molecule has 6 nitrogen and oxygen atoms in total. The number of nitrogens with zero attached hydrogens (tertiary/aromatic N) is 3. The van der Waals surface area contributed by atoms with Gasteiger partial charge in [0.2, 0.25) is 0 Å². The zero-order valence-electron chi connectivity index (χ0n) is 13.1. The highest BCUT2D eigenvalue weighted by molar-refractivity contribution is 6.02. The van der Waals surface area contributed by atoms with Crippen molar-refractivity contribution < 1.29 is 9.94 Å². The molecule has 0 spiro atoms. The Labute approximate surface area is 125 Å². The maximum Gasteiger partial charge on any atom is 0.172 e. The molecule has 0 bridgehead atoms. The molecule has 0 amide bonds. The van der Waals surface area contributed by atoms with Gasteiger partial charge in [-0.05, 0) is 32.1 Å². The first-order chi connectivity index (χ1) is 9.97. The third-order valence-corrected chi connectivity index (χ3v) is 4.17. The molecule has 1 aromatic rings. The first-order valence-corrected chi connectivity index (χ1v) is 7.05. The van der Waals surface area contributed by atoms with E-state index in [1.807, 2.05) is 18.2 Å². The summed E-state index contributed by atoms with van der Waals surface area (Å²) in [6.07, 6.45) is 0. The van der Waals surface area contributed by atoms with Crippen LogP contribution < -0.4 is 15.4 Å². The zero-order chi connectivity index (χ0) is 15.6. The molecule has 0 radical (unpaired) electrons. The van der Waals surface area contributed by atoms with Crippen molar-refractivity contribution in [2.45, 2.75) is 13.0 Å². The fourth-order valence-electron chi connectivity index (χ4n) is 2.99. The third kappa shape index (κ3) is 3.05. The molecule has 2 atom stereocenters. The smallest absolute Gasteiger partial charge is 0.172 e. The number of likely N-dealkylation sites (N-methyl/N-ethyl adjacent to an activating group) is 1. The summed E-state index contributed by atoms with van der Waals surface area (Å²) in [6, 6.07) is 6.07. The molecule has 0 saturated carbocycles. The number of hydrogen-bond acceptors (Lipinski definition) is 5. The van der Waals surface area contributed by atoms with Crippen molar-refractivity contribution in [3.8, 4) is 5.75 Å². The zero-order valence-corrected chi connectivity index (χ0v) is 13.1. The number of amidine groups is 1. The molecule has 1 heterocycles. The fraction of sp³-hybridized carbons (Fsp3) is 0.533. The van der Waals surface area contributed by atoms with Crippen LogP contribution in [0.3, 0.4) is 0 Å². The van der Waals surface area contributed by atoms with Gasteiger partial charge in [-0.15, -0.1) is 0 Å². The average molecular weight is 292 g/mol. The maximum atomic E-state index is 8.98. The Balaban J connectivity index is 2.38. The number of ether oxygens (including phenoxy) is 1. The summed E-state index contributed by atoms with van der Waals surface area (Å²) in [7, 11) is 5.83. The summed E-state index contributed by atoms with van der Waals surface area (Å²) in [5, 5.41) is 12.1. The molecule has 6 heteroatoms. The van der Waals surface area contributed by atoms with Crippen LogP contribution in [0.2, 0.25) is 0 Å². The van der Waals surface area contributed by atoms with E-state index in [4.69, 9.17) is 15.7 Å². The van der Waals surface area contributed by atoms with Crippen LogP contribution in [0.15, 0.2) is 23.4 Å². The average Bonchev–Trinajstić information content (AvgIpc) is 2.87. The van der Waals surface area contributed by atoms with Gasteiger partial charge in [0.05, 0.1) is 12.8 Å². The van der Waals surface area contributed by atoms with Crippen LogP contribution in [0.25, 0.3) is 0 Å². The minimum Gasteiger partial charge on any atom is -0.497 e. The van der Waals surface area contributed by atoms with Crippen LogP contribution in [0, 0.1) is 5.92 Å². The summed E-state index contributed by atoms with van der Waals surface area (Å²) in [5.41, 5.74) is 7.48. The molecule has 2 unspecified atom stereocenters. The SMILES string of the molecule is COc1ccc(/C(N)=N/O)c(N2CC(C)C(N(C)C)C2)c1. The molecular weight excluding hydrogens is 268 g/mol. The Bertz CT molecular complexity index is 530. The van der Waals surface area contributed by atoms with Crippen molar-refractivity contribution in [1.29, 1.82) is 0 Å². The Hall–Kier alpha value is -1.95. The van der Waals surface area contributed by atoms with Crippen molar-refractivity contribution in [3.05, 3.63) is 23.8 Å². The Kier molecular flexibility index (Phi) is 4.57. The van der Waals surface area contributed by atoms with E-state index < -0.39 is 0 Å². The number of oxime groups is 1. The summed E-state index contributed by atoms with van der Waals surface area (Å²) in [6.45, 7) is 4.09. The van der Waals surface area contributed by atoms with E-state index >= 15 is 0 Å². The van der Waals surface area contributed by atoms with Gasteiger partial charge in [0.1, 0.15) is 5.75 Å². The van der Waals surface area contributed by atoms with E-state index in [0.717, 1.165) is 30.1 Å². The minimum atomic E-state index is 0.119. The van der Waals surface area contributed by atoms with Gasteiger partial charge < -0.3 is 25.5 Å². The Morgan fingerprint density at radius 3 is 2.67 bits per heavy atom. The second-order valence-electron chi connectivity index (χ2n) is 5.78. The van der Waals surface area contributed by atoms with Crippen LogP contribution in [-0.2, 0) is 0 Å². The van der Waals surface area contributed by atoms with Gasteiger partial charge in [0.15, 0.2) is 5.84 Å². The van der Waals surface area contributed by atoms with Crippen LogP contribution in [0.1, 0.15) is 12.5 Å². The normalized spacial score (nSPS) is 22.9. The van der Waals surface area contributed by atoms with Gasteiger partial charge in [-0.2, -0.15) is 0 Å². The highest BCUT2D eigenvalue weighted by Gasteiger charge is 2.32. The summed E-state index contributed by atoms with van der Waals surface area (Å²) >= 11 is 0. The lowest BCUT2D eigenvalue weighted by molar-refractivity contribution is 0.266. The number of methoxy groups -OCH3 is 1. The molecule has 1 aromatic carbocycles. The number of nitrogens with two attached hydrogens (primary N) is 1. The predicted octanol–water partition coefficient (Wildman–Crippen LogP) is 1.18. The van der Waals surface area contributed by atoms with Crippen molar-refractivity contribution >= 4 is 11.5 Å². The number of benzene rings is 1.